The number of benzene rings is 1. The fourth-order valence-corrected chi connectivity index (χ4v) is 2.52. The largest absolute Gasteiger partial charge is 0.484 e. The molecule has 2 atom stereocenters. The molecular formula is C14H16ClNOS. The van der Waals surface area contributed by atoms with Crippen LogP contribution in [0.3, 0.4) is 0 Å². The normalized spacial score (nSPS) is 14.2. The van der Waals surface area contributed by atoms with E-state index in [0.29, 0.717) is 5.02 Å². The number of thiophene rings is 1. The highest BCUT2D eigenvalue weighted by molar-refractivity contribution is 7.07. The maximum Gasteiger partial charge on any atom is 0.140 e. The SMILES string of the molecule is CCC(N)C(Oc1ccc(Cl)cc1)c1ccsc1. The zero-order valence-electron chi connectivity index (χ0n) is 10.2. The molecule has 0 aliphatic heterocycles. The molecule has 2 N–H and O–H groups in total. The lowest BCUT2D eigenvalue weighted by atomic mass is 10.0. The predicted octanol–water partition coefficient (Wildman–Crippen LogP) is 4.26. The van der Waals surface area contributed by atoms with Gasteiger partial charge in [-0.05, 0) is 47.5 Å². The molecule has 0 radical (unpaired) electrons. The summed E-state index contributed by atoms with van der Waals surface area (Å²) in [6.07, 6.45) is 0.760. The van der Waals surface area contributed by atoms with Crippen LogP contribution in [0.2, 0.25) is 5.02 Å². The summed E-state index contributed by atoms with van der Waals surface area (Å²) in [5.74, 6) is 0.791. The van der Waals surface area contributed by atoms with E-state index in [2.05, 4.69) is 18.4 Å². The monoisotopic (exact) mass is 281 g/mol. The first-order valence-electron chi connectivity index (χ1n) is 5.90. The molecule has 1 aromatic heterocycles. The van der Waals surface area contributed by atoms with Crippen LogP contribution >= 0.6 is 22.9 Å². The van der Waals surface area contributed by atoms with E-state index in [4.69, 9.17) is 22.1 Å². The highest BCUT2D eigenvalue weighted by atomic mass is 35.5. The van der Waals surface area contributed by atoms with Gasteiger partial charge in [0.25, 0.3) is 0 Å². The van der Waals surface area contributed by atoms with Crippen LogP contribution in [0, 0.1) is 0 Å². The molecule has 1 aromatic carbocycles. The van der Waals surface area contributed by atoms with E-state index in [-0.39, 0.29) is 12.1 Å². The van der Waals surface area contributed by atoms with E-state index in [0.717, 1.165) is 17.7 Å². The minimum Gasteiger partial charge on any atom is -0.484 e. The summed E-state index contributed by atoms with van der Waals surface area (Å²) < 4.78 is 5.99. The predicted molar refractivity (Wildman–Crippen MR) is 77.4 cm³/mol. The summed E-state index contributed by atoms with van der Waals surface area (Å²) in [6.45, 7) is 2.06. The third-order valence-electron chi connectivity index (χ3n) is 2.81. The van der Waals surface area contributed by atoms with Gasteiger partial charge >= 0.3 is 0 Å². The molecule has 0 bridgehead atoms. The van der Waals surface area contributed by atoms with E-state index in [1.165, 1.54) is 0 Å². The van der Waals surface area contributed by atoms with Gasteiger partial charge in [-0.3, -0.25) is 0 Å². The minimum absolute atomic E-state index is 0.0183. The van der Waals surface area contributed by atoms with E-state index < -0.39 is 0 Å². The maximum atomic E-state index is 6.14. The Labute approximate surface area is 116 Å². The number of rotatable bonds is 5. The quantitative estimate of drug-likeness (QED) is 0.889. The van der Waals surface area contributed by atoms with Gasteiger partial charge < -0.3 is 10.5 Å². The second-order valence-corrected chi connectivity index (χ2v) is 5.34. The molecule has 0 aliphatic carbocycles. The molecule has 0 spiro atoms. The second kappa shape index (κ2) is 6.23. The molecule has 2 nitrogen and oxygen atoms in total. The van der Waals surface area contributed by atoms with Crippen molar-refractivity contribution in [3.05, 3.63) is 51.7 Å². The maximum absolute atomic E-state index is 6.14. The van der Waals surface area contributed by atoms with Gasteiger partial charge in [-0.1, -0.05) is 18.5 Å². The van der Waals surface area contributed by atoms with Crippen LogP contribution in [0.25, 0.3) is 0 Å². The van der Waals surface area contributed by atoms with Gasteiger partial charge in [0, 0.05) is 16.6 Å². The summed E-state index contributed by atoms with van der Waals surface area (Å²) in [5, 5.41) is 4.82. The van der Waals surface area contributed by atoms with Crippen molar-refractivity contribution in [1.82, 2.24) is 0 Å². The van der Waals surface area contributed by atoms with Crippen LogP contribution in [-0.4, -0.2) is 6.04 Å². The molecule has 96 valence electrons. The van der Waals surface area contributed by atoms with Crippen LogP contribution in [-0.2, 0) is 0 Å². The first-order chi connectivity index (χ1) is 8.70. The zero-order chi connectivity index (χ0) is 13.0. The lowest BCUT2D eigenvalue weighted by molar-refractivity contribution is 0.171. The lowest BCUT2D eigenvalue weighted by Gasteiger charge is -2.23. The van der Waals surface area contributed by atoms with Crippen LogP contribution in [0.15, 0.2) is 41.1 Å². The molecule has 0 fully saturated rings. The van der Waals surface area contributed by atoms with Crippen LogP contribution < -0.4 is 10.5 Å². The molecular weight excluding hydrogens is 266 g/mol. The highest BCUT2D eigenvalue weighted by Gasteiger charge is 2.20. The van der Waals surface area contributed by atoms with Gasteiger partial charge in [0.2, 0.25) is 0 Å². The van der Waals surface area contributed by atoms with Crippen LogP contribution in [0.4, 0.5) is 0 Å². The minimum atomic E-state index is -0.109. The average molecular weight is 282 g/mol. The van der Waals surface area contributed by atoms with Crippen molar-refractivity contribution in [1.29, 1.82) is 0 Å². The summed E-state index contributed by atoms with van der Waals surface area (Å²) in [5.41, 5.74) is 7.27. The molecule has 0 amide bonds. The molecule has 4 heteroatoms. The Morgan fingerprint density at radius 1 is 1.28 bits per heavy atom. The number of ether oxygens (including phenoxy) is 1. The zero-order valence-corrected chi connectivity index (χ0v) is 11.7. The Morgan fingerprint density at radius 2 is 2.00 bits per heavy atom. The second-order valence-electron chi connectivity index (χ2n) is 4.12. The van der Waals surface area contributed by atoms with Gasteiger partial charge in [-0.25, -0.2) is 0 Å². The fraction of sp³-hybridized carbons (Fsp3) is 0.286. The first kappa shape index (κ1) is 13.4. The first-order valence-corrected chi connectivity index (χ1v) is 7.22. The molecule has 2 unspecified atom stereocenters. The molecule has 2 rings (SSSR count). The molecule has 18 heavy (non-hydrogen) atoms. The standard InChI is InChI=1S/C14H16ClNOS/c1-2-13(16)14(10-7-8-18-9-10)17-12-5-3-11(15)4-6-12/h3-9,13-14H,2,16H2,1H3. The van der Waals surface area contributed by atoms with Gasteiger partial charge in [0.05, 0.1) is 0 Å². The van der Waals surface area contributed by atoms with Crippen molar-refractivity contribution in [2.75, 3.05) is 0 Å². The Morgan fingerprint density at radius 3 is 2.56 bits per heavy atom. The molecule has 1 heterocycles. The molecule has 2 aromatic rings. The van der Waals surface area contributed by atoms with Crippen molar-refractivity contribution in [3.63, 3.8) is 0 Å². The van der Waals surface area contributed by atoms with Crippen molar-refractivity contribution < 1.29 is 4.74 Å². The van der Waals surface area contributed by atoms with Gasteiger partial charge in [0.1, 0.15) is 11.9 Å². The molecule has 0 saturated carbocycles. The topological polar surface area (TPSA) is 35.2 Å². The van der Waals surface area contributed by atoms with Gasteiger partial charge in [-0.15, -0.1) is 0 Å². The number of nitrogens with two attached hydrogens (primary N) is 1. The summed E-state index contributed by atoms with van der Waals surface area (Å²) in [6, 6.07) is 9.41. The number of hydrogen-bond donors (Lipinski definition) is 1. The third-order valence-corrected chi connectivity index (χ3v) is 3.76. The van der Waals surface area contributed by atoms with E-state index in [1.807, 2.05) is 29.6 Å². The Kier molecular flexibility index (Phi) is 4.64. The van der Waals surface area contributed by atoms with Crippen LogP contribution in [0.1, 0.15) is 25.0 Å². The Hall–Kier alpha value is -1.03. The van der Waals surface area contributed by atoms with Crippen molar-refractivity contribution in [3.8, 4) is 5.75 Å². The molecule has 0 saturated heterocycles. The fourth-order valence-electron chi connectivity index (χ4n) is 1.71. The van der Waals surface area contributed by atoms with E-state index in [1.54, 1.807) is 11.3 Å². The highest BCUT2D eigenvalue weighted by Crippen LogP contribution is 2.27. The lowest BCUT2D eigenvalue weighted by Crippen LogP contribution is -2.31. The van der Waals surface area contributed by atoms with E-state index in [9.17, 15) is 0 Å². The van der Waals surface area contributed by atoms with E-state index >= 15 is 0 Å². The third kappa shape index (κ3) is 3.25. The Bertz CT molecular complexity index is 469. The van der Waals surface area contributed by atoms with Gasteiger partial charge in [-0.2, -0.15) is 11.3 Å². The Balaban J connectivity index is 2.17. The average Bonchev–Trinajstić information content (AvgIpc) is 2.91. The van der Waals surface area contributed by atoms with Crippen LogP contribution in [0.5, 0.6) is 5.75 Å². The van der Waals surface area contributed by atoms with Crippen molar-refractivity contribution in [2.24, 2.45) is 5.73 Å². The summed E-state index contributed by atoms with van der Waals surface area (Å²) >= 11 is 7.51. The van der Waals surface area contributed by atoms with Gasteiger partial charge in [0.15, 0.2) is 0 Å². The molecule has 0 aliphatic rings. The van der Waals surface area contributed by atoms with Crippen molar-refractivity contribution in [2.45, 2.75) is 25.5 Å². The number of halogens is 1. The van der Waals surface area contributed by atoms with Crippen molar-refractivity contribution >= 4 is 22.9 Å². The number of hydrogen-bond acceptors (Lipinski definition) is 3. The summed E-state index contributed by atoms with van der Waals surface area (Å²) in [7, 11) is 0. The smallest absolute Gasteiger partial charge is 0.140 e. The summed E-state index contributed by atoms with van der Waals surface area (Å²) in [4.78, 5) is 0.